The van der Waals surface area contributed by atoms with Crippen LogP contribution in [0.2, 0.25) is 0 Å². The van der Waals surface area contributed by atoms with Crippen molar-refractivity contribution in [3.63, 3.8) is 0 Å². The molecule has 29 heavy (non-hydrogen) atoms. The molecule has 2 N–H and O–H groups in total. The van der Waals surface area contributed by atoms with E-state index in [0.717, 1.165) is 62.4 Å². The predicted molar refractivity (Wildman–Crippen MR) is 125 cm³/mol. The molecule has 0 saturated carbocycles. The average Bonchev–Trinajstić information content (AvgIpc) is 2.75. The highest BCUT2D eigenvalue weighted by Crippen LogP contribution is 2.17. The Labute approximate surface area is 176 Å². The fourth-order valence-corrected chi connectivity index (χ4v) is 3.55. The number of rotatable bonds is 7. The van der Waals surface area contributed by atoms with E-state index < -0.39 is 0 Å². The van der Waals surface area contributed by atoms with Crippen molar-refractivity contribution in [1.29, 1.82) is 0 Å². The Morgan fingerprint density at radius 1 is 1.28 bits per heavy atom. The number of aryl methyl sites for hydroxylation is 1. The summed E-state index contributed by atoms with van der Waals surface area (Å²) >= 11 is 0. The van der Waals surface area contributed by atoms with Crippen LogP contribution < -0.4 is 5.73 Å². The van der Waals surface area contributed by atoms with Gasteiger partial charge >= 0.3 is 0 Å². The second-order valence-corrected chi connectivity index (χ2v) is 7.69. The first-order valence-electron chi connectivity index (χ1n) is 10.8. The molecule has 0 spiro atoms. The summed E-state index contributed by atoms with van der Waals surface area (Å²) in [6.45, 7) is 11.7. The minimum atomic E-state index is 0.375. The lowest BCUT2D eigenvalue weighted by molar-refractivity contribution is 0.216. The van der Waals surface area contributed by atoms with Gasteiger partial charge in [-0.2, -0.15) is 0 Å². The molecule has 1 aliphatic rings. The average molecular weight is 396 g/mol. The topological polar surface area (TPSA) is 66.9 Å². The number of piperidine rings is 1. The zero-order chi connectivity index (χ0) is 21.2. The molecule has 0 unspecified atom stereocenters. The lowest BCUT2D eigenvalue weighted by atomic mass is 10.0. The molecule has 1 aromatic heterocycles. The molecule has 0 aliphatic carbocycles. The Morgan fingerprint density at radius 3 is 2.62 bits per heavy atom. The van der Waals surface area contributed by atoms with Gasteiger partial charge in [0.2, 0.25) is 0 Å². The summed E-state index contributed by atoms with van der Waals surface area (Å²) in [6.07, 6.45) is 8.44. The number of allylic oxidation sites excluding steroid dienone is 3. The summed E-state index contributed by atoms with van der Waals surface area (Å²) in [6, 6.07) is 6.41. The maximum atomic E-state index is 6.03. The molecule has 2 heterocycles. The third-order valence-corrected chi connectivity index (χ3v) is 5.61. The molecule has 158 valence electrons. The number of hydrogen-bond donors (Lipinski definition) is 1. The van der Waals surface area contributed by atoms with Gasteiger partial charge in [-0.15, -0.1) is 0 Å². The van der Waals surface area contributed by atoms with Crippen LogP contribution in [-0.4, -0.2) is 54.2 Å². The second kappa shape index (κ2) is 11.8. The van der Waals surface area contributed by atoms with Gasteiger partial charge in [0.25, 0.3) is 0 Å². The van der Waals surface area contributed by atoms with E-state index in [1.807, 2.05) is 18.2 Å². The molecule has 0 bridgehead atoms. The van der Waals surface area contributed by atoms with Crippen LogP contribution in [0.5, 0.6) is 0 Å². The third-order valence-electron chi connectivity index (χ3n) is 5.61. The van der Waals surface area contributed by atoms with Crippen LogP contribution in [0.3, 0.4) is 0 Å². The Hall–Kier alpha value is -2.11. The molecule has 1 aliphatic heterocycles. The summed E-state index contributed by atoms with van der Waals surface area (Å²) < 4.78 is 0. The smallest absolute Gasteiger partial charge is 0.173 e. The first kappa shape index (κ1) is 23.2. The molecule has 1 fully saturated rings. The monoisotopic (exact) mass is 395 g/mol. The van der Waals surface area contributed by atoms with Crippen molar-refractivity contribution in [2.24, 2.45) is 15.7 Å². The zero-order valence-corrected chi connectivity index (χ0v) is 18.8. The van der Waals surface area contributed by atoms with Gasteiger partial charge in [-0.3, -0.25) is 4.99 Å². The van der Waals surface area contributed by atoms with Crippen molar-refractivity contribution in [2.75, 3.05) is 26.7 Å². The molecular formula is C24H37N5. The maximum Gasteiger partial charge on any atom is 0.173 e. The first-order valence-corrected chi connectivity index (χ1v) is 10.8. The molecule has 0 amide bonds. The van der Waals surface area contributed by atoms with Crippen molar-refractivity contribution >= 4 is 11.5 Å². The molecule has 1 aromatic rings. The lowest BCUT2D eigenvalue weighted by Gasteiger charge is -2.30. The van der Waals surface area contributed by atoms with Crippen LogP contribution in [0.25, 0.3) is 0 Å². The zero-order valence-electron chi connectivity index (χ0n) is 18.8. The van der Waals surface area contributed by atoms with Crippen LogP contribution in [0.1, 0.15) is 58.3 Å². The Morgan fingerprint density at radius 2 is 2.00 bits per heavy atom. The Balaban J connectivity index is 2.18. The molecule has 0 aromatic carbocycles. The number of amidine groups is 1. The quantitative estimate of drug-likeness (QED) is 0.428. The van der Waals surface area contributed by atoms with E-state index >= 15 is 0 Å². The highest BCUT2D eigenvalue weighted by Gasteiger charge is 2.16. The number of nitrogens with zero attached hydrogens (tertiary/aromatic N) is 4. The SMILES string of the molecule is C\C=C/C(CCN1CCC(N)CC1)=C(C)/C(C)=N\C(=N/C)c1cccc(CC)n1. The van der Waals surface area contributed by atoms with Gasteiger partial charge < -0.3 is 10.6 Å². The highest BCUT2D eigenvalue weighted by atomic mass is 15.1. The van der Waals surface area contributed by atoms with Crippen LogP contribution >= 0.6 is 0 Å². The summed E-state index contributed by atoms with van der Waals surface area (Å²) in [7, 11) is 1.78. The van der Waals surface area contributed by atoms with Gasteiger partial charge in [0, 0.05) is 31.0 Å². The molecular weight excluding hydrogens is 358 g/mol. The Bertz CT molecular complexity index is 780. The fraction of sp³-hybridized carbons (Fsp3) is 0.542. The number of aromatic nitrogens is 1. The summed E-state index contributed by atoms with van der Waals surface area (Å²) in [4.78, 5) is 16.4. The van der Waals surface area contributed by atoms with Crippen molar-refractivity contribution in [2.45, 2.75) is 59.4 Å². The molecule has 5 heteroatoms. The molecule has 0 radical (unpaired) electrons. The summed E-state index contributed by atoms with van der Waals surface area (Å²) in [5, 5.41) is 0. The third kappa shape index (κ3) is 7.02. The van der Waals surface area contributed by atoms with Crippen molar-refractivity contribution < 1.29 is 0 Å². The predicted octanol–water partition coefficient (Wildman–Crippen LogP) is 4.19. The summed E-state index contributed by atoms with van der Waals surface area (Å²) in [5.41, 5.74) is 11.4. The van der Waals surface area contributed by atoms with E-state index in [9.17, 15) is 0 Å². The number of hydrogen-bond acceptors (Lipinski definition) is 4. The maximum absolute atomic E-state index is 6.03. The van der Waals surface area contributed by atoms with Gasteiger partial charge in [0.05, 0.1) is 0 Å². The molecule has 0 atom stereocenters. The van der Waals surface area contributed by atoms with Gasteiger partial charge in [-0.1, -0.05) is 25.1 Å². The molecule has 1 saturated heterocycles. The van der Waals surface area contributed by atoms with E-state index in [1.165, 1.54) is 11.1 Å². The van der Waals surface area contributed by atoms with Crippen LogP contribution in [0.4, 0.5) is 0 Å². The van der Waals surface area contributed by atoms with Crippen molar-refractivity contribution in [1.82, 2.24) is 9.88 Å². The van der Waals surface area contributed by atoms with Gasteiger partial charge in [0.1, 0.15) is 5.69 Å². The minimum Gasteiger partial charge on any atom is -0.328 e. The normalized spacial score (nSPS) is 18.4. The number of likely N-dealkylation sites (tertiary alicyclic amines) is 1. The Kier molecular flexibility index (Phi) is 9.42. The van der Waals surface area contributed by atoms with Crippen LogP contribution in [0, 0.1) is 0 Å². The molecule has 2 rings (SSSR count). The standard InChI is InChI=1S/C24H37N5/c1-6-9-20(12-15-29-16-13-21(25)14-17-29)18(3)19(4)27-24(26-5)23-11-8-10-22(7-2)28-23/h6,8-11,21H,7,12-17,25H2,1-5H3/b9-6-,20-18-,26-24-,27-19-. The van der Waals surface area contributed by atoms with E-state index in [1.54, 1.807) is 7.05 Å². The van der Waals surface area contributed by atoms with E-state index in [-0.39, 0.29) is 0 Å². The minimum absolute atomic E-state index is 0.375. The van der Waals surface area contributed by atoms with Gasteiger partial charge in [-0.25, -0.2) is 9.98 Å². The fourth-order valence-electron chi connectivity index (χ4n) is 3.55. The summed E-state index contributed by atoms with van der Waals surface area (Å²) in [5.74, 6) is 0.682. The molecule has 5 nitrogen and oxygen atoms in total. The van der Waals surface area contributed by atoms with Gasteiger partial charge in [-0.05, 0) is 82.8 Å². The lowest BCUT2D eigenvalue weighted by Crippen LogP contribution is -2.40. The number of pyridine rings is 1. The largest absolute Gasteiger partial charge is 0.328 e. The van der Waals surface area contributed by atoms with Crippen LogP contribution in [0.15, 0.2) is 51.5 Å². The van der Waals surface area contributed by atoms with E-state index in [4.69, 9.17) is 10.7 Å². The van der Waals surface area contributed by atoms with Crippen molar-refractivity contribution in [3.05, 3.63) is 52.9 Å². The van der Waals surface area contributed by atoms with E-state index in [2.05, 4.69) is 54.7 Å². The van der Waals surface area contributed by atoms with Crippen molar-refractivity contribution in [3.8, 4) is 0 Å². The van der Waals surface area contributed by atoms with Crippen LogP contribution in [-0.2, 0) is 6.42 Å². The number of nitrogens with two attached hydrogens (primary N) is 1. The van der Waals surface area contributed by atoms with E-state index in [0.29, 0.717) is 11.9 Å². The second-order valence-electron chi connectivity index (χ2n) is 7.69. The van der Waals surface area contributed by atoms with Gasteiger partial charge in [0.15, 0.2) is 5.84 Å². The number of aliphatic imine (C=N–C) groups is 2. The first-order chi connectivity index (χ1) is 14.0. The highest BCUT2D eigenvalue weighted by molar-refractivity contribution is 6.10.